The van der Waals surface area contributed by atoms with Crippen LogP contribution in [0.1, 0.15) is 0 Å². The molecule has 3 heterocycles. The Labute approximate surface area is 308 Å². The average molecular weight is 700 g/mol. The molecule has 0 spiro atoms. The third-order valence-corrected chi connectivity index (χ3v) is 12.6. The average Bonchev–Trinajstić information content (AvgIpc) is 3.90. The van der Waals surface area contributed by atoms with E-state index in [2.05, 4.69) is 175 Å². The quantitative estimate of drug-likeness (QED) is 0.178. The molecule has 0 bridgehead atoms. The Bertz CT molecular complexity index is 3110. The molecular formula is C48H29NOS2. The fraction of sp³-hybridized carbons (Fsp3) is 0. The Hall–Kier alpha value is -6.20. The monoisotopic (exact) mass is 699 g/mol. The molecule has 0 aliphatic carbocycles. The molecular weight excluding hydrogens is 671 g/mol. The molecule has 244 valence electrons. The first kappa shape index (κ1) is 29.5. The number of benzene rings is 8. The maximum Gasteiger partial charge on any atom is 0.144 e. The lowest BCUT2D eigenvalue weighted by Crippen LogP contribution is -2.09. The third kappa shape index (κ3) is 4.62. The van der Waals surface area contributed by atoms with E-state index >= 15 is 0 Å². The van der Waals surface area contributed by atoms with Crippen LogP contribution < -0.4 is 4.90 Å². The van der Waals surface area contributed by atoms with E-state index in [1.807, 2.05) is 28.7 Å². The number of thiophene rings is 2. The molecule has 2 nitrogen and oxygen atoms in total. The number of fused-ring (bicyclic) bond motifs is 10. The summed E-state index contributed by atoms with van der Waals surface area (Å²) in [7, 11) is 0. The van der Waals surface area contributed by atoms with Gasteiger partial charge >= 0.3 is 0 Å². The van der Waals surface area contributed by atoms with Gasteiger partial charge in [-0.15, -0.1) is 22.7 Å². The van der Waals surface area contributed by atoms with Crippen LogP contribution in [-0.4, -0.2) is 0 Å². The molecule has 0 unspecified atom stereocenters. The number of nitrogens with zero attached hydrogens (tertiary/aromatic N) is 1. The standard InChI is InChI=1S/C48H29NOS2/c1-2-10-30(11-3-1)31-18-22-33(23-19-31)49(35-26-27-38-37-13-5-8-16-43(37)51-45(38)28-35)34-24-20-32(21-25-34)40-29-41-36-12-4-7-15-42(36)50-47(41)46-39-14-6-9-17-44(39)52-48(40)46/h1-29H. The highest BCUT2D eigenvalue weighted by atomic mass is 32.1. The molecule has 0 aliphatic rings. The van der Waals surface area contributed by atoms with E-state index in [1.54, 1.807) is 0 Å². The maximum absolute atomic E-state index is 6.56. The second-order valence-corrected chi connectivity index (χ2v) is 15.4. The van der Waals surface area contributed by atoms with Gasteiger partial charge in [-0.3, -0.25) is 0 Å². The van der Waals surface area contributed by atoms with Crippen LogP contribution in [0.5, 0.6) is 0 Å². The van der Waals surface area contributed by atoms with Gasteiger partial charge < -0.3 is 9.32 Å². The van der Waals surface area contributed by atoms with Crippen molar-refractivity contribution < 1.29 is 4.42 Å². The Morgan fingerprint density at radius 1 is 0.385 bits per heavy atom. The predicted octanol–water partition coefficient (Wildman–Crippen LogP) is 15.1. The summed E-state index contributed by atoms with van der Waals surface area (Å²) in [5.41, 5.74) is 10.1. The Morgan fingerprint density at radius 2 is 0.962 bits per heavy atom. The molecule has 0 N–H and O–H groups in total. The first-order chi connectivity index (χ1) is 25.8. The molecule has 11 aromatic rings. The van der Waals surface area contributed by atoms with E-state index in [0.29, 0.717) is 0 Å². The van der Waals surface area contributed by atoms with Gasteiger partial charge in [0.05, 0.1) is 0 Å². The summed E-state index contributed by atoms with van der Waals surface area (Å²) < 4.78 is 11.7. The summed E-state index contributed by atoms with van der Waals surface area (Å²) in [6.07, 6.45) is 0. The molecule has 4 heteroatoms. The van der Waals surface area contributed by atoms with Gasteiger partial charge in [0.1, 0.15) is 11.2 Å². The first-order valence-corrected chi connectivity index (χ1v) is 19.1. The van der Waals surface area contributed by atoms with E-state index in [4.69, 9.17) is 4.42 Å². The van der Waals surface area contributed by atoms with Crippen LogP contribution in [0.15, 0.2) is 180 Å². The molecule has 0 aliphatic heterocycles. The van der Waals surface area contributed by atoms with Crippen LogP contribution in [0.25, 0.3) is 84.5 Å². The van der Waals surface area contributed by atoms with Crippen molar-refractivity contribution in [3.05, 3.63) is 176 Å². The molecule has 0 amide bonds. The van der Waals surface area contributed by atoms with Crippen molar-refractivity contribution in [3.8, 4) is 22.3 Å². The van der Waals surface area contributed by atoms with Crippen LogP contribution in [0.4, 0.5) is 17.1 Å². The summed E-state index contributed by atoms with van der Waals surface area (Å²) in [5, 5.41) is 7.36. The van der Waals surface area contributed by atoms with Crippen LogP contribution in [-0.2, 0) is 0 Å². The number of hydrogen-bond acceptors (Lipinski definition) is 4. The Morgan fingerprint density at radius 3 is 1.73 bits per heavy atom. The maximum atomic E-state index is 6.56. The van der Waals surface area contributed by atoms with Gasteiger partial charge in [0.2, 0.25) is 0 Å². The Kier molecular flexibility index (Phi) is 6.63. The van der Waals surface area contributed by atoms with Crippen molar-refractivity contribution in [3.63, 3.8) is 0 Å². The van der Waals surface area contributed by atoms with Gasteiger partial charge in [-0.1, -0.05) is 115 Å². The number of rotatable bonds is 5. The van der Waals surface area contributed by atoms with Crippen LogP contribution in [0.2, 0.25) is 0 Å². The van der Waals surface area contributed by atoms with Crippen LogP contribution in [0.3, 0.4) is 0 Å². The molecule has 11 rings (SSSR count). The second-order valence-electron chi connectivity index (χ2n) is 13.3. The molecule has 0 saturated heterocycles. The molecule has 0 saturated carbocycles. The fourth-order valence-corrected chi connectivity index (χ4v) is 10.2. The van der Waals surface area contributed by atoms with Crippen molar-refractivity contribution in [2.24, 2.45) is 0 Å². The van der Waals surface area contributed by atoms with Gasteiger partial charge in [0.25, 0.3) is 0 Å². The van der Waals surface area contributed by atoms with Gasteiger partial charge in [0, 0.05) is 73.7 Å². The molecule has 0 radical (unpaired) electrons. The molecule has 3 aromatic heterocycles. The zero-order chi connectivity index (χ0) is 34.2. The van der Waals surface area contributed by atoms with Crippen molar-refractivity contribution >= 4 is 102 Å². The minimum absolute atomic E-state index is 0.922. The van der Waals surface area contributed by atoms with E-state index in [9.17, 15) is 0 Å². The fourth-order valence-electron chi connectivity index (χ4n) is 7.80. The SMILES string of the molecule is c1ccc(-c2ccc(N(c3ccc(-c4cc5c6ccccc6oc5c5c4sc4ccccc45)cc3)c3ccc4c(c3)sc3ccccc34)cc2)cc1. The van der Waals surface area contributed by atoms with Crippen LogP contribution >= 0.6 is 22.7 Å². The van der Waals surface area contributed by atoms with E-state index in [1.165, 1.54) is 62.6 Å². The van der Waals surface area contributed by atoms with Crippen LogP contribution in [0, 0.1) is 0 Å². The summed E-state index contributed by atoms with van der Waals surface area (Å²) in [6.45, 7) is 0. The largest absolute Gasteiger partial charge is 0.455 e. The molecule has 8 aromatic carbocycles. The van der Waals surface area contributed by atoms with Gasteiger partial charge in [-0.05, 0) is 77.4 Å². The lowest BCUT2D eigenvalue weighted by Gasteiger charge is -2.26. The predicted molar refractivity (Wildman–Crippen MR) is 225 cm³/mol. The van der Waals surface area contributed by atoms with E-state index < -0.39 is 0 Å². The summed E-state index contributed by atoms with van der Waals surface area (Å²) in [5.74, 6) is 0. The van der Waals surface area contributed by atoms with E-state index in [0.717, 1.165) is 39.0 Å². The lowest BCUT2D eigenvalue weighted by molar-refractivity contribution is 0.673. The zero-order valence-corrected chi connectivity index (χ0v) is 29.5. The highest BCUT2D eigenvalue weighted by molar-refractivity contribution is 7.26. The number of para-hydroxylation sites is 1. The minimum atomic E-state index is 0.922. The molecule has 52 heavy (non-hydrogen) atoms. The van der Waals surface area contributed by atoms with E-state index in [-0.39, 0.29) is 0 Å². The van der Waals surface area contributed by atoms with Crippen molar-refractivity contribution in [1.29, 1.82) is 0 Å². The first-order valence-electron chi connectivity index (χ1n) is 17.5. The van der Waals surface area contributed by atoms with Gasteiger partial charge in [-0.2, -0.15) is 0 Å². The number of hydrogen-bond donors (Lipinski definition) is 0. The smallest absolute Gasteiger partial charge is 0.144 e. The Balaban J connectivity index is 1.08. The molecule has 0 fully saturated rings. The lowest BCUT2D eigenvalue weighted by atomic mass is 9.98. The third-order valence-electron chi connectivity index (χ3n) is 10.3. The highest BCUT2D eigenvalue weighted by Gasteiger charge is 2.20. The summed E-state index contributed by atoms with van der Waals surface area (Å²) in [6, 6.07) is 63.6. The van der Waals surface area contributed by atoms with Gasteiger partial charge in [-0.25, -0.2) is 0 Å². The van der Waals surface area contributed by atoms with Crippen molar-refractivity contribution in [2.45, 2.75) is 0 Å². The second kappa shape index (κ2) is 11.7. The summed E-state index contributed by atoms with van der Waals surface area (Å²) in [4.78, 5) is 2.38. The highest BCUT2D eigenvalue weighted by Crippen LogP contribution is 2.47. The minimum Gasteiger partial charge on any atom is -0.455 e. The summed E-state index contributed by atoms with van der Waals surface area (Å²) >= 11 is 3.70. The number of anilines is 3. The van der Waals surface area contributed by atoms with Crippen molar-refractivity contribution in [1.82, 2.24) is 0 Å². The number of furan rings is 1. The van der Waals surface area contributed by atoms with Gasteiger partial charge in [0.15, 0.2) is 0 Å². The normalized spacial score (nSPS) is 11.8. The topological polar surface area (TPSA) is 16.4 Å². The van der Waals surface area contributed by atoms with Crippen molar-refractivity contribution in [2.75, 3.05) is 4.90 Å². The zero-order valence-electron chi connectivity index (χ0n) is 27.9. The molecule has 0 atom stereocenters.